The molecule has 0 saturated heterocycles. The topological polar surface area (TPSA) is 58.3 Å². The number of benzene rings is 1. The van der Waals surface area contributed by atoms with Crippen molar-refractivity contribution in [2.75, 3.05) is 13.7 Å². The van der Waals surface area contributed by atoms with Gasteiger partial charge in [0, 0.05) is 37.5 Å². The molecule has 8 heteroatoms. The Morgan fingerprint density at radius 1 is 1.38 bits per heavy atom. The molecule has 0 atom stereocenters. The van der Waals surface area contributed by atoms with Gasteiger partial charge in [-0.25, -0.2) is 9.86 Å². The van der Waals surface area contributed by atoms with E-state index in [4.69, 9.17) is 39.6 Å². The van der Waals surface area contributed by atoms with Crippen LogP contribution in [0, 0.1) is 11.3 Å². The summed E-state index contributed by atoms with van der Waals surface area (Å²) in [4.78, 5) is 16.8. The lowest BCUT2D eigenvalue weighted by molar-refractivity contribution is -0.109. The van der Waals surface area contributed by atoms with Crippen molar-refractivity contribution < 1.29 is 9.63 Å². The average Bonchev–Trinajstić information content (AvgIpc) is 3.05. The summed E-state index contributed by atoms with van der Waals surface area (Å²) in [6.45, 7) is 0.571. The molecule has 29 heavy (non-hydrogen) atoms. The Bertz CT molecular complexity index is 1020. The first-order chi connectivity index (χ1) is 13.8. The summed E-state index contributed by atoms with van der Waals surface area (Å²) in [5, 5.41) is 10.6. The summed E-state index contributed by atoms with van der Waals surface area (Å²) in [6.07, 6.45) is 4.90. The van der Waals surface area contributed by atoms with Crippen LogP contribution in [0.25, 0.3) is 5.57 Å². The Morgan fingerprint density at radius 2 is 2.14 bits per heavy atom. The first-order valence-electron chi connectivity index (χ1n) is 8.89. The van der Waals surface area contributed by atoms with Crippen molar-refractivity contribution in [2.45, 2.75) is 23.2 Å². The molecule has 0 aliphatic carbocycles. The highest BCUT2D eigenvalue weighted by atomic mass is 35.6. The minimum atomic E-state index is -1.59. The van der Waals surface area contributed by atoms with Gasteiger partial charge in [0.15, 0.2) is 0 Å². The second kappa shape index (κ2) is 9.09. The molecule has 1 aromatic carbocycles. The van der Waals surface area contributed by atoms with Crippen LogP contribution in [-0.2, 0) is 22.6 Å². The Labute approximate surface area is 184 Å². The monoisotopic (exact) mass is 449 g/mol. The number of alkyl halides is 3. The van der Waals surface area contributed by atoms with E-state index < -0.39 is 3.79 Å². The van der Waals surface area contributed by atoms with Crippen LogP contribution >= 0.6 is 34.8 Å². The van der Waals surface area contributed by atoms with Crippen molar-refractivity contribution in [3.8, 4) is 6.07 Å². The molecule has 0 fully saturated rings. The first kappa shape index (κ1) is 21.5. The van der Waals surface area contributed by atoms with E-state index in [1.165, 1.54) is 10.6 Å². The van der Waals surface area contributed by atoms with Crippen molar-refractivity contribution in [3.63, 3.8) is 0 Å². The minimum absolute atomic E-state index is 0.201. The van der Waals surface area contributed by atoms with E-state index in [9.17, 15) is 10.1 Å². The molecule has 0 N–H and O–H groups in total. The molecular weight excluding hydrogens is 433 g/mol. The highest BCUT2D eigenvalue weighted by Gasteiger charge is 2.23. The predicted octanol–water partition coefficient (Wildman–Crippen LogP) is 4.69. The van der Waals surface area contributed by atoms with Crippen LogP contribution in [0.5, 0.6) is 0 Å². The van der Waals surface area contributed by atoms with Gasteiger partial charge in [-0.1, -0.05) is 65.1 Å². The average molecular weight is 451 g/mol. The molecule has 1 aromatic heterocycles. The zero-order chi connectivity index (χ0) is 21.0. The van der Waals surface area contributed by atoms with Gasteiger partial charge in [0.1, 0.15) is 24.3 Å². The second-order valence-corrected chi connectivity index (χ2v) is 9.10. The van der Waals surface area contributed by atoms with Crippen molar-refractivity contribution >= 4 is 46.3 Å². The normalized spacial score (nSPS) is 14.4. The number of hydrogen-bond donors (Lipinski definition) is 0. The summed E-state index contributed by atoms with van der Waals surface area (Å²) in [5.41, 5.74) is 5.01. The molecule has 150 valence electrons. The molecule has 2 heterocycles. The van der Waals surface area contributed by atoms with Gasteiger partial charge in [-0.15, -0.1) is 0 Å². The van der Waals surface area contributed by atoms with Crippen molar-refractivity contribution in [1.29, 1.82) is 5.26 Å². The number of fused-ring (bicyclic) bond motifs is 2. The zero-order valence-corrected chi connectivity index (χ0v) is 17.9. The standard InChI is InChI=1S/C21H18Cl3N3O2/c1-26(29-14-21(22,23)24)17(13-28)6-7-19-18-5-3-2-4-16(18)8-9-27-12-15(11-25)10-20(19)27/h2-5,7,10,12H,6,8-9,14H2,1H3. The van der Waals surface area contributed by atoms with E-state index in [0.717, 1.165) is 29.8 Å². The van der Waals surface area contributed by atoms with Crippen LogP contribution in [0.15, 0.2) is 48.3 Å². The number of nitrogens with zero attached hydrogens (tertiary/aromatic N) is 3. The molecule has 1 aliphatic rings. The zero-order valence-electron chi connectivity index (χ0n) is 15.7. The number of carbonyl (C=O) groups excluding carboxylic acids is 1. The third kappa shape index (κ3) is 5.25. The van der Waals surface area contributed by atoms with Gasteiger partial charge in [0.2, 0.25) is 3.79 Å². The first-order valence-corrected chi connectivity index (χ1v) is 10.0. The lowest BCUT2D eigenvalue weighted by atomic mass is 9.95. The number of nitriles is 1. The number of hydrogen-bond acceptors (Lipinski definition) is 4. The van der Waals surface area contributed by atoms with Gasteiger partial charge in [0.25, 0.3) is 0 Å². The van der Waals surface area contributed by atoms with Crippen LogP contribution in [0.3, 0.4) is 0 Å². The molecule has 0 unspecified atom stereocenters. The molecule has 1 aliphatic heterocycles. The highest BCUT2D eigenvalue weighted by molar-refractivity contribution is 6.67. The van der Waals surface area contributed by atoms with Crippen LogP contribution in [0.4, 0.5) is 0 Å². The molecule has 0 bridgehead atoms. The van der Waals surface area contributed by atoms with E-state index >= 15 is 0 Å². The van der Waals surface area contributed by atoms with Gasteiger partial charge in [0.05, 0.1) is 5.56 Å². The predicted molar refractivity (Wildman–Crippen MR) is 114 cm³/mol. The maximum atomic E-state index is 11.5. The number of rotatable bonds is 5. The molecule has 5 nitrogen and oxygen atoms in total. The number of allylic oxidation sites excluding steroid dienone is 1. The molecule has 3 rings (SSSR count). The quantitative estimate of drug-likeness (QED) is 0.377. The Kier molecular flexibility index (Phi) is 6.74. The van der Waals surface area contributed by atoms with Crippen LogP contribution < -0.4 is 0 Å². The number of aryl methyl sites for hydroxylation is 2. The van der Waals surface area contributed by atoms with Crippen molar-refractivity contribution in [1.82, 2.24) is 9.63 Å². The maximum Gasteiger partial charge on any atom is 0.216 e. The molecule has 0 amide bonds. The second-order valence-electron chi connectivity index (χ2n) is 6.58. The number of halogens is 3. The van der Waals surface area contributed by atoms with E-state index in [1.807, 2.05) is 42.5 Å². The largest absolute Gasteiger partial charge is 0.346 e. The van der Waals surface area contributed by atoms with Crippen LogP contribution in [0.1, 0.15) is 28.8 Å². The summed E-state index contributed by atoms with van der Waals surface area (Å²) in [5.74, 6) is 1.89. The number of hydroxylamine groups is 2. The highest BCUT2D eigenvalue weighted by Crippen LogP contribution is 2.33. The maximum absolute atomic E-state index is 11.5. The summed E-state index contributed by atoms with van der Waals surface area (Å²) in [7, 11) is 1.56. The smallest absolute Gasteiger partial charge is 0.216 e. The Hall–Kier alpha value is -2.19. The summed E-state index contributed by atoms with van der Waals surface area (Å²) in [6, 6.07) is 12.2. The summed E-state index contributed by atoms with van der Waals surface area (Å²) < 4.78 is 0.479. The molecule has 0 saturated carbocycles. The van der Waals surface area contributed by atoms with Gasteiger partial charge >= 0.3 is 0 Å². The SMILES string of the molecule is CN(OCC(Cl)(Cl)Cl)C(=C=O)CC=C1c2ccccc2CCn2cc(C#N)cc21. The summed E-state index contributed by atoms with van der Waals surface area (Å²) >= 11 is 17.1. The van der Waals surface area contributed by atoms with E-state index in [-0.39, 0.29) is 18.7 Å². The molecule has 0 spiro atoms. The fourth-order valence-electron chi connectivity index (χ4n) is 3.26. The van der Waals surface area contributed by atoms with Gasteiger partial charge in [-0.05, 0) is 23.6 Å². The fraction of sp³-hybridized carbons (Fsp3) is 0.286. The molecule has 2 aromatic rings. The fourth-order valence-corrected chi connectivity index (χ4v) is 3.41. The van der Waals surface area contributed by atoms with Crippen molar-refractivity contribution in [3.05, 3.63) is 70.7 Å². The van der Waals surface area contributed by atoms with Gasteiger partial charge < -0.3 is 4.57 Å². The Balaban J connectivity index is 1.94. The minimum Gasteiger partial charge on any atom is -0.346 e. The molecular formula is C21H18Cl3N3O2. The van der Waals surface area contributed by atoms with Crippen molar-refractivity contribution in [2.24, 2.45) is 0 Å². The Morgan fingerprint density at radius 3 is 2.83 bits per heavy atom. The number of aromatic nitrogens is 1. The third-order valence-electron chi connectivity index (χ3n) is 4.65. The van der Waals surface area contributed by atoms with E-state index in [0.29, 0.717) is 5.56 Å². The van der Waals surface area contributed by atoms with Gasteiger partial charge in [-0.2, -0.15) is 5.26 Å². The van der Waals surface area contributed by atoms with Crippen LogP contribution in [0.2, 0.25) is 0 Å². The molecule has 0 radical (unpaired) electrons. The van der Waals surface area contributed by atoms with E-state index in [2.05, 4.69) is 16.7 Å². The lowest BCUT2D eigenvalue weighted by Gasteiger charge is -2.21. The van der Waals surface area contributed by atoms with E-state index in [1.54, 1.807) is 7.05 Å². The third-order valence-corrected chi connectivity index (χ3v) is 4.98. The van der Waals surface area contributed by atoms with Crippen LogP contribution in [-0.4, -0.2) is 33.0 Å². The van der Waals surface area contributed by atoms with Gasteiger partial charge in [-0.3, -0.25) is 4.84 Å². The lowest BCUT2D eigenvalue weighted by Crippen LogP contribution is -2.25.